The van der Waals surface area contributed by atoms with Crippen molar-refractivity contribution in [2.45, 2.75) is 39.0 Å². The van der Waals surface area contributed by atoms with Gasteiger partial charge in [-0.05, 0) is 18.2 Å². The van der Waals surface area contributed by atoms with Gasteiger partial charge in [0.15, 0.2) is 5.69 Å². The van der Waals surface area contributed by atoms with Crippen molar-refractivity contribution in [1.29, 1.82) is 0 Å². The molecule has 0 radical (unpaired) electrons. The van der Waals surface area contributed by atoms with E-state index in [1.807, 2.05) is 0 Å². The summed E-state index contributed by atoms with van der Waals surface area (Å²) in [5.74, 6) is -0.702. The van der Waals surface area contributed by atoms with Crippen LogP contribution in [0.5, 0.6) is 11.5 Å². The third-order valence-corrected chi connectivity index (χ3v) is 5.37. The molecule has 11 heteroatoms. The summed E-state index contributed by atoms with van der Waals surface area (Å²) in [6.45, 7) is 3.77. The Hall–Kier alpha value is -2.53. The van der Waals surface area contributed by atoms with Crippen molar-refractivity contribution in [3.8, 4) is 22.8 Å². The molecular weight excluding hydrogens is 380 g/mol. The van der Waals surface area contributed by atoms with Crippen LogP contribution in [-0.2, 0) is 11.5 Å². The summed E-state index contributed by atoms with van der Waals surface area (Å²) in [5.41, 5.74) is -0.414. The third-order valence-electron chi connectivity index (χ3n) is 3.66. The van der Waals surface area contributed by atoms with Gasteiger partial charge >= 0.3 is 12.3 Å². The highest BCUT2D eigenvalue weighted by molar-refractivity contribution is 6.76. The molecule has 8 nitrogen and oxygen atoms in total. The average Bonchev–Trinajstić information content (AvgIpc) is 2.94. The number of benzene rings is 1. The van der Waals surface area contributed by atoms with Crippen LogP contribution in [0.4, 0.5) is 14.5 Å². The van der Waals surface area contributed by atoms with E-state index in [9.17, 15) is 24.0 Å². The number of nitrogens with zero attached hydrogens (tertiary/aromatic N) is 3. The summed E-state index contributed by atoms with van der Waals surface area (Å²) in [6, 6.07) is 4.34. The molecule has 1 heterocycles. The van der Waals surface area contributed by atoms with Crippen LogP contribution >= 0.6 is 0 Å². The number of aromatic hydroxyl groups is 1. The maximum absolute atomic E-state index is 12.7. The van der Waals surface area contributed by atoms with Gasteiger partial charge in [-0.2, -0.15) is 13.9 Å². The molecule has 0 atom stereocenters. The van der Waals surface area contributed by atoms with Crippen molar-refractivity contribution < 1.29 is 28.3 Å². The molecule has 27 heavy (non-hydrogen) atoms. The van der Waals surface area contributed by atoms with Crippen molar-refractivity contribution >= 4 is 13.8 Å². The first kappa shape index (κ1) is 20.8. The highest BCUT2D eigenvalue weighted by atomic mass is 28.3. The summed E-state index contributed by atoms with van der Waals surface area (Å²) in [4.78, 5) is 10.7. The summed E-state index contributed by atoms with van der Waals surface area (Å²) in [5, 5.41) is 24.8. The Kier molecular flexibility index (Phi) is 6.49. The molecular formula is C16H21F2N3O5Si. The number of hydrogen-bond acceptors (Lipinski definition) is 6. The highest BCUT2D eigenvalue weighted by Crippen LogP contribution is 2.38. The number of ether oxygens (including phenoxy) is 2. The highest BCUT2D eigenvalue weighted by Gasteiger charge is 2.26. The fraction of sp³-hybridized carbons (Fsp3) is 0.438. The predicted octanol–water partition coefficient (Wildman–Crippen LogP) is 4.08. The number of halogens is 2. The fourth-order valence-corrected chi connectivity index (χ4v) is 3.07. The van der Waals surface area contributed by atoms with Crippen molar-refractivity contribution in [2.75, 3.05) is 6.61 Å². The maximum atomic E-state index is 12.7. The first-order valence-electron chi connectivity index (χ1n) is 8.14. The molecule has 0 aliphatic carbocycles. The zero-order valence-corrected chi connectivity index (χ0v) is 16.2. The van der Waals surface area contributed by atoms with E-state index in [0.29, 0.717) is 6.61 Å². The summed E-state index contributed by atoms with van der Waals surface area (Å²) < 4.78 is 36.6. The van der Waals surface area contributed by atoms with Gasteiger partial charge in [0.05, 0.1) is 4.92 Å². The summed E-state index contributed by atoms with van der Waals surface area (Å²) in [6.07, 6.45) is 1.02. The molecule has 0 fully saturated rings. The largest absolute Gasteiger partial charge is 0.508 e. The Balaban J connectivity index is 2.37. The molecule has 2 rings (SSSR count). The Labute approximate surface area is 155 Å². The molecule has 0 amide bonds. The van der Waals surface area contributed by atoms with E-state index in [-0.39, 0.29) is 29.4 Å². The van der Waals surface area contributed by atoms with Crippen molar-refractivity contribution in [2.24, 2.45) is 0 Å². The topological polar surface area (TPSA) is 99.7 Å². The van der Waals surface area contributed by atoms with Crippen LogP contribution < -0.4 is 4.74 Å². The first-order chi connectivity index (χ1) is 12.6. The fourth-order valence-electron chi connectivity index (χ4n) is 2.31. The molecule has 1 aromatic heterocycles. The zero-order chi connectivity index (χ0) is 20.2. The standard InChI is InChI=1S/C16H21F2N3O5Si/c1-27(2,3)7-6-25-10-20-15(13(9-19-20)21(23)24)12-5-4-11(22)8-14(12)26-16(17)18/h4-5,8-9,16,22H,6-7,10H2,1-3H3. The molecule has 0 unspecified atom stereocenters. The van der Waals surface area contributed by atoms with E-state index in [2.05, 4.69) is 29.5 Å². The van der Waals surface area contributed by atoms with Crippen LogP contribution in [0.2, 0.25) is 25.7 Å². The Morgan fingerprint density at radius 3 is 2.67 bits per heavy atom. The van der Waals surface area contributed by atoms with Gasteiger partial charge in [0.1, 0.15) is 24.4 Å². The smallest absolute Gasteiger partial charge is 0.387 e. The molecule has 0 spiro atoms. The minimum absolute atomic E-state index is 0.00564. The molecule has 0 saturated heterocycles. The lowest BCUT2D eigenvalue weighted by molar-refractivity contribution is -0.384. The quantitative estimate of drug-likeness (QED) is 0.294. The van der Waals surface area contributed by atoms with Crippen LogP contribution in [0, 0.1) is 10.1 Å². The predicted molar refractivity (Wildman–Crippen MR) is 96.7 cm³/mol. The Bertz CT molecular complexity index is 808. The third kappa shape index (κ3) is 5.72. The number of aromatic nitrogens is 2. The minimum atomic E-state index is -3.16. The number of phenols is 1. The summed E-state index contributed by atoms with van der Waals surface area (Å²) in [7, 11) is -1.31. The minimum Gasteiger partial charge on any atom is -0.508 e. The van der Waals surface area contributed by atoms with Crippen molar-refractivity contribution in [1.82, 2.24) is 9.78 Å². The van der Waals surface area contributed by atoms with E-state index < -0.39 is 25.4 Å². The van der Waals surface area contributed by atoms with Crippen LogP contribution in [0.15, 0.2) is 24.4 Å². The second kappa shape index (κ2) is 8.44. The Morgan fingerprint density at radius 2 is 2.07 bits per heavy atom. The second-order valence-corrected chi connectivity index (χ2v) is 12.7. The Morgan fingerprint density at radius 1 is 1.37 bits per heavy atom. The molecule has 0 aliphatic rings. The van der Waals surface area contributed by atoms with E-state index in [1.54, 1.807) is 0 Å². The molecule has 1 aromatic carbocycles. The second-order valence-electron chi connectivity index (χ2n) is 7.04. The normalized spacial score (nSPS) is 11.8. The van der Waals surface area contributed by atoms with E-state index in [4.69, 9.17) is 4.74 Å². The molecule has 148 valence electrons. The van der Waals surface area contributed by atoms with Crippen molar-refractivity contribution in [3.63, 3.8) is 0 Å². The molecule has 0 saturated carbocycles. The monoisotopic (exact) mass is 401 g/mol. The molecule has 0 aliphatic heterocycles. The van der Waals surface area contributed by atoms with Crippen LogP contribution in [0.1, 0.15) is 0 Å². The number of alkyl halides is 2. The zero-order valence-electron chi connectivity index (χ0n) is 15.2. The molecule has 0 bridgehead atoms. The van der Waals surface area contributed by atoms with Crippen LogP contribution in [0.3, 0.4) is 0 Å². The number of nitro groups is 1. The molecule has 1 N–H and O–H groups in total. The van der Waals surface area contributed by atoms with Crippen molar-refractivity contribution in [3.05, 3.63) is 34.5 Å². The molecule has 2 aromatic rings. The number of hydrogen-bond donors (Lipinski definition) is 1. The van der Waals surface area contributed by atoms with E-state index in [1.165, 1.54) is 16.8 Å². The first-order valence-corrected chi connectivity index (χ1v) is 11.9. The lowest BCUT2D eigenvalue weighted by Gasteiger charge is -2.16. The summed E-state index contributed by atoms with van der Waals surface area (Å²) >= 11 is 0. The average molecular weight is 401 g/mol. The van der Waals surface area contributed by atoms with Gasteiger partial charge in [-0.3, -0.25) is 10.1 Å². The van der Waals surface area contributed by atoms with E-state index in [0.717, 1.165) is 18.3 Å². The number of phenolic OH excluding ortho intramolecular Hbond substituents is 1. The lowest BCUT2D eigenvalue weighted by atomic mass is 10.1. The van der Waals surface area contributed by atoms with Gasteiger partial charge in [-0.25, -0.2) is 4.68 Å². The van der Waals surface area contributed by atoms with Gasteiger partial charge in [-0.1, -0.05) is 19.6 Å². The van der Waals surface area contributed by atoms with Gasteiger partial charge in [0.2, 0.25) is 0 Å². The van der Waals surface area contributed by atoms with Crippen LogP contribution in [0.25, 0.3) is 11.3 Å². The van der Waals surface area contributed by atoms with Gasteiger partial charge < -0.3 is 14.6 Å². The lowest BCUT2D eigenvalue weighted by Crippen LogP contribution is -2.22. The maximum Gasteiger partial charge on any atom is 0.387 e. The van der Waals surface area contributed by atoms with Gasteiger partial charge in [0, 0.05) is 26.3 Å². The number of rotatable bonds is 9. The van der Waals surface area contributed by atoms with Gasteiger partial charge in [-0.15, -0.1) is 0 Å². The van der Waals surface area contributed by atoms with Crippen LogP contribution in [-0.4, -0.2) is 41.1 Å². The van der Waals surface area contributed by atoms with E-state index >= 15 is 0 Å². The van der Waals surface area contributed by atoms with Gasteiger partial charge in [0.25, 0.3) is 0 Å². The SMILES string of the molecule is C[Si](C)(C)CCOCn1ncc([N+](=O)[O-])c1-c1ccc(O)cc1OC(F)F.